The molecule has 1 aromatic carbocycles. The van der Waals surface area contributed by atoms with Gasteiger partial charge in [-0.3, -0.25) is 14.2 Å². The Kier molecular flexibility index (Phi) is 6.37. The second-order valence-corrected chi connectivity index (χ2v) is 6.85. The number of carbonyl (C=O) groups excluding carboxylic acids is 1. The number of fused-ring (bicyclic) bond motifs is 1. The number of nitrogens with zero attached hydrogens (tertiary/aromatic N) is 4. The Morgan fingerprint density at radius 1 is 1.52 bits per heavy atom. The highest BCUT2D eigenvalue weighted by Crippen LogP contribution is 2.23. The van der Waals surface area contributed by atoms with Crippen LogP contribution in [0, 0.1) is 11.3 Å². The molecule has 0 saturated heterocycles. The maximum atomic E-state index is 12.7. The zero-order valence-electron chi connectivity index (χ0n) is 14.3. The minimum absolute atomic E-state index is 0.104. The number of rotatable bonds is 7. The fourth-order valence-corrected chi connectivity index (χ4v) is 3.41. The number of carbonyl (C=O) groups is 1. The van der Waals surface area contributed by atoms with Crippen LogP contribution in [0.15, 0.2) is 46.9 Å². The Labute approximate surface area is 150 Å². The van der Waals surface area contributed by atoms with Gasteiger partial charge in [-0.05, 0) is 19.1 Å². The lowest BCUT2D eigenvalue weighted by atomic mass is 10.2. The van der Waals surface area contributed by atoms with Gasteiger partial charge in [0.15, 0.2) is 5.16 Å². The van der Waals surface area contributed by atoms with Crippen molar-refractivity contribution < 1.29 is 4.79 Å². The van der Waals surface area contributed by atoms with E-state index in [1.165, 1.54) is 21.2 Å². The van der Waals surface area contributed by atoms with Gasteiger partial charge in [0, 0.05) is 20.1 Å². The molecule has 0 bridgehead atoms. The highest BCUT2D eigenvalue weighted by molar-refractivity contribution is 8.00. The van der Waals surface area contributed by atoms with Crippen LogP contribution in [-0.4, -0.2) is 39.2 Å². The molecule has 0 spiro atoms. The monoisotopic (exact) mass is 356 g/mol. The first-order chi connectivity index (χ1) is 12.0. The van der Waals surface area contributed by atoms with Crippen molar-refractivity contribution in [3.8, 4) is 6.07 Å². The van der Waals surface area contributed by atoms with Gasteiger partial charge in [-0.1, -0.05) is 30.0 Å². The van der Waals surface area contributed by atoms with E-state index in [0.717, 1.165) is 0 Å². The van der Waals surface area contributed by atoms with Crippen molar-refractivity contribution >= 4 is 28.6 Å². The van der Waals surface area contributed by atoms with Crippen molar-refractivity contribution in [2.75, 3.05) is 13.6 Å². The van der Waals surface area contributed by atoms with Gasteiger partial charge in [0.1, 0.15) is 0 Å². The first-order valence-corrected chi connectivity index (χ1v) is 8.76. The Morgan fingerprint density at radius 3 is 2.92 bits per heavy atom. The van der Waals surface area contributed by atoms with Gasteiger partial charge < -0.3 is 4.90 Å². The zero-order chi connectivity index (χ0) is 18.4. The van der Waals surface area contributed by atoms with Crippen molar-refractivity contribution in [2.24, 2.45) is 0 Å². The molecule has 6 nitrogen and oxygen atoms in total. The summed E-state index contributed by atoms with van der Waals surface area (Å²) in [6.45, 7) is 6.17. The van der Waals surface area contributed by atoms with Crippen LogP contribution in [0.1, 0.15) is 13.3 Å². The number of allylic oxidation sites excluding steroid dienone is 1. The summed E-state index contributed by atoms with van der Waals surface area (Å²) in [5, 5.41) is 9.25. The summed E-state index contributed by atoms with van der Waals surface area (Å²) in [7, 11) is 1.67. The Bertz CT molecular complexity index is 885. The van der Waals surface area contributed by atoms with E-state index in [9.17, 15) is 9.59 Å². The number of hydrogen-bond donors (Lipinski definition) is 0. The molecule has 0 saturated carbocycles. The van der Waals surface area contributed by atoms with Crippen molar-refractivity contribution in [2.45, 2.75) is 30.3 Å². The third kappa shape index (κ3) is 4.28. The summed E-state index contributed by atoms with van der Waals surface area (Å²) in [5.74, 6) is -0.104. The average Bonchev–Trinajstić information content (AvgIpc) is 2.62. The van der Waals surface area contributed by atoms with E-state index in [1.54, 1.807) is 38.2 Å². The van der Waals surface area contributed by atoms with Crippen LogP contribution in [0.4, 0.5) is 0 Å². The van der Waals surface area contributed by atoms with Crippen molar-refractivity contribution in [3.63, 3.8) is 0 Å². The maximum absolute atomic E-state index is 12.7. The number of aromatic nitrogens is 2. The molecule has 2 aromatic rings. The molecule has 0 N–H and O–H groups in total. The number of para-hydroxylation sites is 1. The van der Waals surface area contributed by atoms with E-state index in [0.29, 0.717) is 29.1 Å². The minimum Gasteiger partial charge on any atom is -0.344 e. The molecule has 0 aliphatic carbocycles. The van der Waals surface area contributed by atoms with E-state index in [2.05, 4.69) is 11.6 Å². The summed E-state index contributed by atoms with van der Waals surface area (Å²) in [6.07, 6.45) is 1.92. The summed E-state index contributed by atoms with van der Waals surface area (Å²) in [4.78, 5) is 31.2. The number of hydrogen-bond acceptors (Lipinski definition) is 5. The molecular weight excluding hydrogens is 336 g/mol. The molecule has 0 radical (unpaired) electrons. The quantitative estimate of drug-likeness (QED) is 0.432. The zero-order valence-corrected chi connectivity index (χ0v) is 15.1. The smallest absolute Gasteiger partial charge is 0.262 e. The fourth-order valence-electron chi connectivity index (χ4n) is 2.37. The fraction of sp³-hybridized carbons (Fsp3) is 0.333. The first kappa shape index (κ1) is 18.7. The number of nitriles is 1. The van der Waals surface area contributed by atoms with Crippen LogP contribution >= 0.6 is 11.8 Å². The van der Waals surface area contributed by atoms with E-state index in [4.69, 9.17) is 5.26 Å². The summed E-state index contributed by atoms with van der Waals surface area (Å²) in [6, 6.07) is 9.17. The van der Waals surface area contributed by atoms with Crippen LogP contribution in [0.5, 0.6) is 0 Å². The SMILES string of the molecule is C=CCn1c(S[C@H](C)C(=O)N(C)CCC#N)nc2ccccc2c1=O. The molecular formula is C18H20N4O2S. The molecule has 0 fully saturated rings. The molecule has 0 aliphatic rings. The normalized spacial score (nSPS) is 11.7. The second-order valence-electron chi connectivity index (χ2n) is 5.54. The summed E-state index contributed by atoms with van der Waals surface area (Å²) < 4.78 is 1.53. The molecule has 1 heterocycles. The Morgan fingerprint density at radius 2 is 2.24 bits per heavy atom. The molecule has 2 rings (SSSR count). The molecule has 25 heavy (non-hydrogen) atoms. The standard InChI is InChI=1S/C18H20N4O2S/c1-4-11-22-17(24)14-8-5-6-9-15(14)20-18(22)25-13(2)16(23)21(3)12-7-10-19/h4-6,8-9,13H,1,7,11-12H2,2-3H3/t13-/m1/s1. The van der Waals surface area contributed by atoms with E-state index in [1.807, 2.05) is 12.1 Å². The van der Waals surface area contributed by atoms with Gasteiger partial charge in [-0.2, -0.15) is 5.26 Å². The van der Waals surface area contributed by atoms with Gasteiger partial charge in [-0.25, -0.2) is 4.98 Å². The molecule has 1 amide bonds. The van der Waals surface area contributed by atoms with E-state index in [-0.39, 0.29) is 17.9 Å². The van der Waals surface area contributed by atoms with Gasteiger partial charge >= 0.3 is 0 Å². The third-order valence-corrected chi connectivity index (χ3v) is 4.78. The molecule has 1 atom stereocenters. The highest BCUT2D eigenvalue weighted by Gasteiger charge is 2.21. The predicted octanol–water partition coefficient (Wildman–Crippen LogP) is 2.44. The van der Waals surface area contributed by atoms with Crippen molar-refractivity contribution in [1.82, 2.24) is 14.5 Å². The van der Waals surface area contributed by atoms with Crippen LogP contribution in [0.25, 0.3) is 10.9 Å². The van der Waals surface area contributed by atoms with Crippen LogP contribution in [-0.2, 0) is 11.3 Å². The predicted molar refractivity (Wildman–Crippen MR) is 99.4 cm³/mol. The largest absolute Gasteiger partial charge is 0.344 e. The highest BCUT2D eigenvalue weighted by atomic mass is 32.2. The van der Waals surface area contributed by atoms with E-state index < -0.39 is 5.25 Å². The van der Waals surface area contributed by atoms with Crippen LogP contribution in [0.3, 0.4) is 0 Å². The lowest BCUT2D eigenvalue weighted by Gasteiger charge is -2.20. The maximum Gasteiger partial charge on any atom is 0.262 e. The van der Waals surface area contributed by atoms with Gasteiger partial charge in [-0.15, -0.1) is 6.58 Å². The van der Waals surface area contributed by atoms with Crippen molar-refractivity contribution in [3.05, 3.63) is 47.3 Å². The Hall–Kier alpha value is -2.59. The summed E-state index contributed by atoms with van der Waals surface area (Å²) in [5.41, 5.74) is 0.457. The average molecular weight is 356 g/mol. The lowest BCUT2D eigenvalue weighted by Crippen LogP contribution is -2.34. The number of amides is 1. The minimum atomic E-state index is -0.423. The van der Waals surface area contributed by atoms with Crippen LogP contribution < -0.4 is 5.56 Å². The first-order valence-electron chi connectivity index (χ1n) is 7.88. The second kappa shape index (κ2) is 8.49. The van der Waals surface area contributed by atoms with Gasteiger partial charge in [0.05, 0.1) is 28.6 Å². The van der Waals surface area contributed by atoms with Gasteiger partial charge in [0.25, 0.3) is 5.56 Å². The van der Waals surface area contributed by atoms with Crippen molar-refractivity contribution in [1.29, 1.82) is 5.26 Å². The molecule has 0 aliphatic heterocycles. The van der Waals surface area contributed by atoms with E-state index >= 15 is 0 Å². The number of thioether (sulfide) groups is 1. The lowest BCUT2D eigenvalue weighted by molar-refractivity contribution is -0.128. The summed E-state index contributed by atoms with van der Waals surface area (Å²) >= 11 is 1.24. The molecule has 1 aromatic heterocycles. The molecule has 0 unspecified atom stereocenters. The van der Waals surface area contributed by atoms with Gasteiger partial charge in [0.2, 0.25) is 5.91 Å². The van der Waals surface area contributed by atoms with Crippen LogP contribution in [0.2, 0.25) is 0 Å². The molecule has 7 heteroatoms. The third-order valence-electron chi connectivity index (χ3n) is 3.70. The topological polar surface area (TPSA) is 79.0 Å². The Balaban J connectivity index is 2.35. The molecule has 130 valence electrons. The number of benzene rings is 1.